The summed E-state index contributed by atoms with van der Waals surface area (Å²) in [6.07, 6.45) is 0.836. The fourth-order valence-corrected chi connectivity index (χ4v) is 5.73. The van der Waals surface area contributed by atoms with Crippen molar-refractivity contribution >= 4 is 0 Å². The van der Waals surface area contributed by atoms with Crippen LogP contribution in [0.4, 0.5) is 0 Å². The summed E-state index contributed by atoms with van der Waals surface area (Å²) in [5.41, 5.74) is 4.15. The van der Waals surface area contributed by atoms with E-state index in [0.29, 0.717) is 6.61 Å². The van der Waals surface area contributed by atoms with E-state index in [0.717, 1.165) is 17.5 Å². The van der Waals surface area contributed by atoms with E-state index in [1.54, 1.807) is 12.1 Å². The summed E-state index contributed by atoms with van der Waals surface area (Å²) >= 11 is 0. The molecule has 2 atom stereocenters. The molecule has 0 saturated carbocycles. The van der Waals surface area contributed by atoms with Gasteiger partial charge in [-0.1, -0.05) is 39.8 Å². The summed E-state index contributed by atoms with van der Waals surface area (Å²) in [7, 11) is 0. The number of hydrogen-bond acceptors (Lipinski definition) is 3. The maximum Gasteiger partial charge on any atom is 0.115 e. The monoisotopic (exact) mass is 352 g/mol. The molecular formula is C23H28O3. The van der Waals surface area contributed by atoms with E-state index < -0.39 is 0 Å². The van der Waals surface area contributed by atoms with Gasteiger partial charge in [-0.2, -0.15) is 0 Å². The summed E-state index contributed by atoms with van der Waals surface area (Å²) < 4.78 is 6.41. The van der Waals surface area contributed by atoms with Crippen LogP contribution in [0.15, 0.2) is 36.4 Å². The molecule has 0 fully saturated rings. The van der Waals surface area contributed by atoms with Gasteiger partial charge in [0, 0.05) is 17.4 Å². The van der Waals surface area contributed by atoms with Gasteiger partial charge in [-0.3, -0.25) is 0 Å². The summed E-state index contributed by atoms with van der Waals surface area (Å²) in [5.74, 6) is 0.560. The Morgan fingerprint density at radius 3 is 2.00 bits per heavy atom. The summed E-state index contributed by atoms with van der Waals surface area (Å²) in [5, 5.41) is 20.5. The standard InChI is InChI=1S/C23H28O3/c1-6-26-20-22(4,5)17-10-8-15(25)12-19(17)23(20)13-21(2,3)16-9-7-14(24)11-18(16)23/h7-12,20,24-25H,6,13H2,1-5H3. The van der Waals surface area contributed by atoms with Gasteiger partial charge in [-0.25, -0.2) is 0 Å². The van der Waals surface area contributed by atoms with Gasteiger partial charge in [0.05, 0.1) is 6.10 Å². The quantitative estimate of drug-likeness (QED) is 0.819. The van der Waals surface area contributed by atoms with Crippen LogP contribution >= 0.6 is 0 Å². The molecule has 2 aliphatic carbocycles. The van der Waals surface area contributed by atoms with Crippen molar-refractivity contribution in [3.8, 4) is 11.5 Å². The fraction of sp³-hybridized carbons (Fsp3) is 0.478. The lowest BCUT2D eigenvalue weighted by Gasteiger charge is -2.39. The second-order valence-corrected chi connectivity index (χ2v) is 9.05. The number of phenolic OH excluding ortho intramolecular Hbond substituents is 2. The molecule has 0 bridgehead atoms. The van der Waals surface area contributed by atoms with Crippen LogP contribution in [-0.2, 0) is 21.0 Å². The topological polar surface area (TPSA) is 49.7 Å². The number of fused-ring (bicyclic) bond motifs is 4. The predicted molar refractivity (Wildman–Crippen MR) is 103 cm³/mol. The second-order valence-electron chi connectivity index (χ2n) is 9.05. The van der Waals surface area contributed by atoms with Gasteiger partial charge in [0.1, 0.15) is 11.5 Å². The molecule has 2 N–H and O–H groups in total. The highest BCUT2D eigenvalue weighted by Crippen LogP contribution is 2.64. The first kappa shape index (κ1) is 17.4. The summed E-state index contributed by atoms with van der Waals surface area (Å²) in [6.45, 7) is 11.6. The molecule has 4 rings (SSSR count). The smallest absolute Gasteiger partial charge is 0.115 e. The van der Waals surface area contributed by atoms with Gasteiger partial charge in [0.25, 0.3) is 0 Å². The van der Waals surface area contributed by atoms with Crippen LogP contribution in [0.2, 0.25) is 0 Å². The zero-order valence-corrected chi connectivity index (χ0v) is 16.3. The van der Waals surface area contributed by atoms with E-state index >= 15 is 0 Å². The van der Waals surface area contributed by atoms with Crippen molar-refractivity contribution in [2.24, 2.45) is 0 Å². The van der Waals surface area contributed by atoms with E-state index in [2.05, 4.69) is 33.8 Å². The highest BCUT2D eigenvalue weighted by Gasteiger charge is 2.63. The molecule has 26 heavy (non-hydrogen) atoms. The van der Waals surface area contributed by atoms with Crippen molar-refractivity contribution in [2.75, 3.05) is 6.61 Å². The van der Waals surface area contributed by atoms with Crippen LogP contribution in [0, 0.1) is 0 Å². The first-order chi connectivity index (χ1) is 12.1. The number of aromatic hydroxyl groups is 2. The van der Waals surface area contributed by atoms with Crippen molar-refractivity contribution in [1.29, 1.82) is 0 Å². The number of benzene rings is 2. The fourth-order valence-electron chi connectivity index (χ4n) is 5.73. The number of rotatable bonds is 2. The van der Waals surface area contributed by atoms with Crippen molar-refractivity contribution in [2.45, 2.75) is 63.4 Å². The van der Waals surface area contributed by atoms with Crippen LogP contribution < -0.4 is 0 Å². The zero-order valence-electron chi connectivity index (χ0n) is 16.3. The Morgan fingerprint density at radius 2 is 1.42 bits per heavy atom. The Morgan fingerprint density at radius 1 is 0.885 bits per heavy atom. The van der Waals surface area contributed by atoms with Gasteiger partial charge in [-0.05, 0) is 65.3 Å². The zero-order chi connectivity index (χ0) is 18.9. The summed E-state index contributed by atoms with van der Waals surface area (Å²) in [4.78, 5) is 0. The average molecular weight is 352 g/mol. The van der Waals surface area contributed by atoms with Crippen LogP contribution in [0.25, 0.3) is 0 Å². The molecule has 3 nitrogen and oxygen atoms in total. The molecule has 1 spiro atoms. The maximum atomic E-state index is 10.3. The molecular weight excluding hydrogens is 324 g/mol. The van der Waals surface area contributed by atoms with Crippen LogP contribution in [-0.4, -0.2) is 22.9 Å². The molecule has 0 amide bonds. The van der Waals surface area contributed by atoms with Crippen molar-refractivity contribution in [3.05, 3.63) is 58.7 Å². The molecule has 2 unspecified atom stereocenters. The second kappa shape index (κ2) is 5.26. The van der Waals surface area contributed by atoms with Gasteiger partial charge < -0.3 is 14.9 Å². The SMILES string of the molecule is CCOC1C(C)(C)c2ccc(O)cc2C12CC(C)(C)c1ccc(O)cc12. The van der Waals surface area contributed by atoms with Crippen LogP contribution in [0.3, 0.4) is 0 Å². The molecule has 0 saturated heterocycles. The molecule has 2 aliphatic rings. The van der Waals surface area contributed by atoms with Gasteiger partial charge in [0.15, 0.2) is 0 Å². The van der Waals surface area contributed by atoms with E-state index in [1.165, 1.54) is 11.1 Å². The molecule has 0 heterocycles. The molecule has 3 heteroatoms. The lowest BCUT2D eigenvalue weighted by atomic mass is 9.70. The van der Waals surface area contributed by atoms with Crippen LogP contribution in [0.5, 0.6) is 11.5 Å². The molecule has 2 aromatic carbocycles. The highest BCUT2D eigenvalue weighted by atomic mass is 16.5. The van der Waals surface area contributed by atoms with Gasteiger partial charge >= 0.3 is 0 Å². The minimum Gasteiger partial charge on any atom is -0.508 e. The molecule has 0 aromatic heterocycles. The number of hydrogen-bond donors (Lipinski definition) is 2. The Labute approximate surface area is 155 Å². The minimum absolute atomic E-state index is 0.0401. The molecule has 0 radical (unpaired) electrons. The van der Waals surface area contributed by atoms with Crippen LogP contribution in [0.1, 0.15) is 63.3 Å². The van der Waals surface area contributed by atoms with E-state index in [9.17, 15) is 10.2 Å². The van der Waals surface area contributed by atoms with Crippen molar-refractivity contribution in [3.63, 3.8) is 0 Å². The minimum atomic E-state index is -0.370. The average Bonchev–Trinajstić information content (AvgIpc) is 2.89. The third-order valence-corrected chi connectivity index (χ3v) is 6.55. The summed E-state index contributed by atoms with van der Waals surface area (Å²) in [6, 6.07) is 11.5. The first-order valence-corrected chi connectivity index (χ1v) is 9.44. The Hall–Kier alpha value is -2.00. The van der Waals surface area contributed by atoms with E-state index in [-0.39, 0.29) is 33.8 Å². The van der Waals surface area contributed by atoms with Crippen molar-refractivity contribution in [1.82, 2.24) is 0 Å². The lowest BCUT2D eigenvalue weighted by Crippen LogP contribution is -2.45. The van der Waals surface area contributed by atoms with Gasteiger partial charge in [-0.15, -0.1) is 0 Å². The molecule has 0 aliphatic heterocycles. The first-order valence-electron chi connectivity index (χ1n) is 9.44. The van der Waals surface area contributed by atoms with Crippen molar-refractivity contribution < 1.29 is 14.9 Å². The Balaban J connectivity index is 2.10. The largest absolute Gasteiger partial charge is 0.508 e. The Bertz CT molecular complexity index is 865. The predicted octanol–water partition coefficient (Wildman–Crippen LogP) is 4.76. The van der Waals surface area contributed by atoms with E-state index in [4.69, 9.17) is 4.74 Å². The Kier molecular flexibility index (Phi) is 3.52. The third kappa shape index (κ3) is 2.04. The van der Waals surface area contributed by atoms with E-state index in [1.807, 2.05) is 25.1 Å². The highest BCUT2D eigenvalue weighted by molar-refractivity contribution is 5.63. The number of phenols is 2. The third-order valence-electron chi connectivity index (χ3n) is 6.55. The maximum absolute atomic E-state index is 10.3. The van der Waals surface area contributed by atoms with Gasteiger partial charge in [0.2, 0.25) is 0 Å². The molecule has 138 valence electrons. The number of ether oxygens (including phenoxy) is 1. The normalized spacial score (nSPS) is 27.5. The molecule has 2 aromatic rings. The lowest BCUT2D eigenvalue weighted by molar-refractivity contribution is -0.0187.